The minimum Gasteiger partial charge on any atom is -0.396 e. The fourth-order valence-corrected chi connectivity index (χ4v) is 2.05. The number of likely N-dealkylation sites (N-methyl/N-ethyl adjacent to an activating group) is 1. The van der Waals surface area contributed by atoms with E-state index in [1.807, 2.05) is 18.3 Å². The van der Waals surface area contributed by atoms with Crippen molar-refractivity contribution in [1.82, 2.24) is 9.88 Å². The third-order valence-electron chi connectivity index (χ3n) is 3.37. The van der Waals surface area contributed by atoms with E-state index < -0.39 is 0 Å². The molecule has 88 valence electrons. The first-order chi connectivity index (χ1) is 7.74. The van der Waals surface area contributed by atoms with E-state index in [0.29, 0.717) is 6.61 Å². The van der Waals surface area contributed by atoms with Crippen molar-refractivity contribution in [2.75, 3.05) is 26.7 Å². The summed E-state index contributed by atoms with van der Waals surface area (Å²) in [5, 5.41) is 9.25. The van der Waals surface area contributed by atoms with Crippen molar-refractivity contribution in [3.05, 3.63) is 30.1 Å². The Labute approximate surface area is 97.1 Å². The monoisotopic (exact) mass is 220 g/mol. The van der Waals surface area contributed by atoms with E-state index in [9.17, 15) is 5.11 Å². The van der Waals surface area contributed by atoms with Gasteiger partial charge in [0.2, 0.25) is 0 Å². The van der Waals surface area contributed by atoms with Gasteiger partial charge in [-0.3, -0.25) is 4.98 Å². The molecule has 0 spiro atoms. The Bertz CT molecular complexity index is 322. The van der Waals surface area contributed by atoms with Crippen LogP contribution in [0, 0.1) is 5.41 Å². The fourth-order valence-electron chi connectivity index (χ4n) is 2.05. The van der Waals surface area contributed by atoms with Gasteiger partial charge in [-0.15, -0.1) is 0 Å². The van der Waals surface area contributed by atoms with Crippen LogP contribution in [0.25, 0.3) is 0 Å². The molecule has 0 amide bonds. The maximum atomic E-state index is 9.25. The van der Waals surface area contributed by atoms with Crippen LogP contribution >= 0.6 is 0 Å². The zero-order valence-corrected chi connectivity index (χ0v) is 9.89. The lowest BCUT2D eigenvalue weighted by Crippen LogP contribution is -2.30. The molecule has 1 heterocycles. The van der Waals surface area contributed by atoms with Crippen molar-refractivity contribution in [2.45, 2.75) is 19.3 Å². The lowest BCUT2D eigenvalue weighted by Gasteiger charge is -2.21. The van der Waals surface area contributed by atoms with E-state index >= 15 is 0 Å². The number of nitrogens with zero attached hydrogens (tertiary/aromatic N) is 2. The Morgan fingerprint density at radius 2 is 2.25 bits per heavy atom. The number of hydrogen-bond donors (Lipinski definition) is 1. The molecule has 1 fully saturated rings. The third kappa shape index (κ3) is 3.03. The quantitative estimate of drug-likeness (QED) is 0.785. The zero-order valence-electron chi connectivity index (χ0n) is 9.89. The third-order valence-corrected chi connectivity index (χ3v) is 3.37. The molecular weight excluding hydrogens is 200 g/mol. The van der Waals surface area contributed by atoms with Crippen LogP contribution < -0.4 is 0 Å². The molecule has 1 aliphatic carbocycles. The summed E-state index contributed by atoms with van der Waals surface area (Å²) in [7, 11) is 2.12. The Morgan fingerprint density at radius 1 is 1.44 bits per heavy atom. The molecule has 16 heavy (non-hydrogen) atoms. The van der Waals surface area contributed by atoms with Gasteiger partial charge in [0.25, 0.3) is 0 Å². The molecule has 0 bridgehead atoms. The fraction of sp³-hybridized carbons (Fsp3) is 0.615. The first-order valence-electron chi connectivity index (χ1n) is 5.93. The molecule has 3 heteroatoms. The first kappa shape index (κ1) is 11.6. The molecule has 0 aliphatic heterocycles. The van der Waals surface area contributed by atoms with Crippen LogP contribution in [-0.4, -0.2) is 41.7 Å². The van der Waals surface area contributed by atoms with E-state index in [-0.39, 0.29) is 5.41 Å². The summed E-state index contributed by atoms with van der Waals surface area (Å²) in [5.41, 5.74) is 1.36. The van der Waals surface area contributed by atoms with Crippen molar-refractivity contribution in [3.63, 3.8) is 0 Å². The maximum absolute atomic E-state index is 9.25. The van der Waals surface area contributed by atoms with Gasteiger partial charge in [-0.05, 0) is 32.0 Å². The highest BCUT2D eigenvalue weighted by molar-refractivity contribution is 5.04. The second-order valence-electron chi connectivity index (χ2n) is 4.97. The van der Waals surface area contributed by atoms with Crippen LogP contribution in [0.4, 0.5) is 0 Å². The van der Waals surface area contributed by atoms with E-state index in [1.165, 1.54) is 12.8 Å². The van der Waals surface area contributed by atoms with Gasteiger partial charge in [0.1, 0.15) is 0 Å². The Morgan fingerprint density at radius 3 is 2.81 bits per heavy atom. The molecule has 1 aromatic heterocycles. The van der Waals surface area contributed by atoms with Gasteiger partial charge in [-0.1, -0.05) is 6.07 Å². The normalized spacial score (nSPS) is 17.7. The molecule has 0 aromatic carbocycles. The van der Waals surface area contributed by atoms with Crippen LogP contribution in [0.5, 0.6) is 0 Å². The van der Waals surface area contributed by atoms with Crippen LogP contribution in [0.1, 0.15) is 18.5 Å². The summed E-state index contributed by atoms with van der Waals surface area (Å²) in [5.74, 6) is 0. The molecular formula is C13H20N2O. The Hall–Kier alpha value is -0.930. The minimum atomic E-state index is 0.221. The molecule has 2 rings (SSSR count). The van der Waals surface area contributed by atoms with Gasteiger partial charge in [0.15, 0.2) is 0 Å². The summed E-state index contributed by atoms with van der Waals surface area (Å²) in [6.45, 7) is 2.36. The van der Waals surface area contributed by atoms with Gasteiger partial charge in [0, 0.05) is 43.4 Å². The predicted octanol–water partition coefficient (Wildman–Crippen LogP) is 1.33. The molecule has 3 nitrogen and oxygen atoms in total. The van der Waals surface area contributed by atoms with E-state index in [4.69, 9.17) is 0 Å². The van der Waals surface area contributed by atoms with E-state index in [1.54, 1.807) is 0 Å². The van der Waals surface area contributed by atoms with Crippen LogP contribution in [0.15, 0.2) is 24.4 Å². The van der Waals surface area contributed by atoms with Crippen LogP contribution in [0.3, 0.4) is 0 Å². The summed E-state index contributed by atoms with van der Waals surface area (Å²) in [6.07, 6.45) is 5.18. The summed E-state index contributed by atoms with van der Waals surface area (Å²) < 4.78 is 0. The van der Waals surface area contributed by atoms with Gasteiger partial charge in [0.05, 0.1) is 0 Å². The minimum absolute atomic E-state index is 0.221. The highest BCUT2D eigenvalue weighted by Crippen LogP contribution is 2.45. The Balaban J connectivity index is 1.74. The summed E-state index contributed by atoms with van der Waals surface area (Å²) >= 11 is 0. The Kier molecular flexibility index (Phi) is 3.56. The summed E-state index contributed by atoms with van der Waals surface area (Å²) in [4.78, 5) is 6.61. The zero-order chi connectivity index (χ0) is 11.4. The van der Waals surface area contributed by atoms with Gasteiger partial charge >= 0.3 is 0 Å². The SMILES string of the molecule is CN(CCc1ccccn1)CC1(CO)CC1. The molecule has 1 N–H and O–H groups in total. The molecule has 1 aliphatic rings. The highest BCUT2D eigenvalue weighted by Gasteiger charge is 2.42. The summed E-state index contributed by atoms with van der Waals surface area (Å²) in [6, 6.07) is 6.03. The number of aliphatic hydroxyl groups is 1. The number of rotatable bonds is 6. The van der Waals surface area contributed by atoms with Gasteiger partial charge in [-0.2, -0.15) is 0 Å². The van der Waals surface area contributed by atoms with Crippen molar-refractivity contribution in [3.8, 4) is 0 Å². The molecule has 0 radical (unpaired) electrons. The van der Waals surface area contributed by atoms with Crippen molar-refractivity contribution < 1.29 is 5.11 Å². The molecule has 1 aromatic rings. The maximum Gasteiger partial charge on any atom is 0.0499 e. The average molecular weight is 220 g/mol. The molecule has 0 atom stereocenters. The second-order valence-corrected chi connectivity index (χ2v) is 4.97. The van der Waals surface area contributed by atoms with Gasteiger partial charge < -0.3 is 10.0 Å². The van der Waals surface area contributed by atoms with Crippen molar-refractivity contribution in [2.24, 2.45) is 5.41 Å². The molecule has 0 saturated heterocycles. The molecule has 0 unspecified atom stereocenters. The highest BCUT2D eigenvalue weighted by atomic mass is 16.3. The number of aromatic nitrogens is 1. The first-order valence-corrected chi connectivity index (χ1v) is 5.93. The van der Waals surface area contributed by atoms with E-state index in [0.717, 1.165) is 25.2 Å². The van der Waals surface area contributed by atoms with Crippen molar-refractivity contribution in [1.29, 1.82) is 0 Å². The number of aliphatic hydroxyl groups excluding tert-OH is 1. The van der Waals surface area contributed by atoms with Crippen molar-refractivity contribution >= 4 is 0 Å². The van der Waals surface area contributed by atoms with Crippen LogP contribution in [-0.2, 0) is 6.42 Å². The lowest BCUT2D eigenvalue weighted by molar-refractivity contribution is 0.164. The smallest absolute Gasteiger partial charge is 0.0499 e. The lowest BCUT2D eigenvalue weighted by atomic mass is 10.1. The largest absolute Gasteiger partial charge is 0.396 e. The predicted molar refractivity (Wildman–Crippen MR) is 64.2 cm³/mol. The number of hydrogen-bond acceptors (Lipinski definition) is 3. The van der Waals surface area contributed by atoms with E-state index in [2.05, 4.69) is 23.0 Å². The topological polar surface area (TPSA) is 36.4 Å². The number of pyridine rings is 1. The van der Waals surface area contributed by atoms with Crippen LogP contribution in [0.2, 0.25) is 0 Å². The average Bonchev–Trinajstić information content (AvgIpc) is 3.08. The van der Waals surface area contributed by atoms with Gasteiger partial charge in [-0.25, -0.2) is 0 Å². The standard InChI is InChI=1S/C13H20N2O/c1-15(10-13(11-16)6-7-13)9-5-12-4-2-3-8-14-12/h2-4,8,16H,5-7,9-11H2,1H3. The second kappa shape index (κ2) is 4.93. The molecule has 1 saturated carbocycles.